The van der Waals surface area contributed by atoms with E-state index in [4.69, 9.17) is 9.47 Å². The highest BCUT2D eigenvalue weighted by molar-refractivity contribution is 6.00. The monoisotopic (exact) mass is 406 g/mol. The fourth-order valence-electron chi connectivity index (χ4n) is 3.64. The minimum atomic E-state index is -0.634. The smallest absolute Gasteiger partial charge is 0.338 e. The van der Waals surface area contributed by atoms with Crippen LogP contribution >= 0.6 is 0 Å². The van der Waals surface area contributed by atoms with Gasteiger partial charge in [-0.3, -0.25) is 14.2 Å². The molecule has 0 saturated heterocycles. The van der Waals surface area contributed by atoms with Crippen LogP contribution in [0.1, 0.15) is 45.8 Å². The van der Waals surface area contributed by atoms with Crippen LogP contribution in [0.5, 0.6) is 5.75 Å². The lowest BCUT2D eigenvalue weighted by Gasteiger charge is -2.11. The van der Waals surface area contributed by atoms with E-state index in [1.807, 2.05) is 0 Å². The third-order valence-electron chi connectivity index (χ3n) is 5.28. The average molecular weight is 406 g/mol. The van der Waals surface area contributed by atoms with E-state index in [2.05, 4.69) is 4.98 Å². The zero-order valence-corrected chi connectivity index (χ0v) is 16.7. The van der Waals surface area contributed by atoms with E-state index < -0.39 is 5.97 Å². The van der Waals surface area contributed by atoms with Gasteiger partial charge in [0.1, 0.15) is 11.6 Å². The van der Waals surface area contributed by atoms with E-state index in [1.54, 1.807) is 41.0 Å². The molecule has 2 heterocycles. The fourth-order valence-corrected chi connectivity index (χ4v) is 3.64. The Balaban J connectivity index is 1.53. The lowest BCUT2D eigenvalue weighted by molar-refractivity contribution is 0.0475. The van der Waals surface area contributed by atoms with Crippen molar-refractivity contribution in [2.24, 2.45) is 0 Å². The molecule has 0 radical (unpaired) electrons. The van der Waals surface area contributed by atoms with Crippen molar-refractivity contribution in [3.05, 3.63) is 69.8 Å². The van der Waals surface area contributed by atoms with Crippen LogP contribution in [0, 0.1) is 0 Å². The first kappa shape index (κ1) is 19.8. The van der Waals surface area contributed by atoms with Crippen molar-refractivity contribution in [2.45, 2.75) is 32.2 Å². The Morgan fingerprint density at radius 2 is 1.93 bits per heavy atom. The van der Waals surface area contributed by atoms with Gasteiger partial charge in [0.05, 0.1) is 23.6 Å². The Morgan fingerprint density at radius 1 is 1.07 bits per heavy atom. The van der Waals surface area contributed by atoms with Crippen LogP contribution in [-0.4, -0.2) is 35.0 Å². The van der Waals surface area contributed by atoms with Crippen LogP contribution in [0.3, 0.4) is 0 Å². The van der Waals surface area contributed by atoms with Gasteiger partial charge in [-0.1, -0.05) is 18.6 Å². The molecule has 0 spiro atoms. The molecule has 0 fully saturated rings. The van der Waals surface area contributed by atoms with Gasteiger partial charge in [-0.2, -0.15) is 0 Å². The summed E-state index contributed by atoms with van der Waals surface area (Å²) >= 11 is 0. The number of ether oxygens (including phenoxy) is 2. The summed E-state index contributed by atoms with van der Waals surface area (Å²) in [6.07, 6.45) is 3.77. The van der Waals surface area contributed by atoms with Gasteiger partial charge in [0, 0.05) is 18.5 Å². The molecule has 0 bridgehead atoms. The summed E-state index contributed by atoms with van der Waals surface area (Å²) in [7, 11) is 1.52. The highest BCUT2D eigenvalue weighted by Crippen LogP contribution is 2.17. The molecule has 1 aliphatic rings. The van der Waals surface area contributed by atoms with Gasteiger partial charge in [0.25, 0.3) is 5.56 Å². The van der Waals surface area contributed by atoms with Gasteiger partial charge in [-0.05, 0) is 43.2 Å². The first-order valence-electron chi connectivity index (χ1n) is 9.94. The van der Waals surface area contributed by atoms with Crippen molar-refractivity contribution in [2.75, 3.05) is 13.7 Å². The molecule has 0 unspecified atom stereocenters. The standard InChI is InChI=1S/C23H22N2O5/c1-29-17-7-5-6-15(12-17)20(26)14-30-23(28)16-9-10-18-19(13-16)24-21-8-3-2-4-11-25(21)22(18)27/h5-7,9-10,12-13H,2-4,8,11,14H2,1H3. The lowest BCUT2D eigenvalue weighted by Crippen LogP contribution is -2.24. The number of ketones is 1. The number of Topliss-reactive ketones (excluding diaryl/α,β-unsaturated/α-hetero) is 1. The highest BCUT2D eigenvalue weighted by Gasteiger charge is 2.17. The molecular weight excluding hydrogens is 384 g/mol. The van der Waals surface area contributed by atoms with Crippen LogP contribution in [0.25, 0.3) is 10.9 Å². The number of hydrogen-bond donors (Lipinski definition) is 0. The minimum absolute atomic E-state index is 0.0787. The SMILES string of the molecule is COc1cccc(C(=O)COC(=O)c2ccc3c(=O)n4c(nc3c2)CCCCC4)c1. The van der Waals surface area contributed by atoms with Crippen LogP contribution in [0.15, 0.2) is 47.3 Å². The Bertz CT molecular complexity index is 1180. The molecule has 1 aromatic heterocycles. The summed E-state index contributed by atoms with van der Waals surface area (Å²) in [6.45, 7) is 0.289. The van der Waals surface area contributed by atoms with E-state index in [1.165, 1.54) is 13.2 Å². The number of hydrogen-bond acceptors (Lipinski definition) is 6. The topological polar surface area (TPSA) is 87.5 Å². The lowest BCUT2D eigenvalue weighted by atomic mass is 10.1. The number of carbonyl (C=O) groups is 2. The Morgan fingerprint density at radius 3 is 2.77 bits per heavy atom. The number of fused-ring (bicyclic) bond motifs is 2. The van der Waals surface area contributed by atoms with E-state index in [9.17, 15) is 14.4 Å². The summed E-state index contributed by atoms with van der Waals surface area (Å²) < 4.78 is 12.0. The molecule has 0 N–H and O–H groups in total. The molecule has 7 nitrogen and oxygen atoms in total. The number of nitrogens with zero attached hydrogens (tertiary/aromatic N) is 2. The Kier molecular flexibility index (Phi) is 5.61. The second kappa shape index (κ2) is 8.49. The van der Waals surface area contributed by atoms with Gasteiger partial charge in [-0.15, -0.1) is 0 Å². The molecular formula is C23H22N2O5. The van der Waals surface area contributed by atoms with Crippen LogP contribution in [0.4, 0.5) is 0 Å². The Labute approximate surface area is 173 Å². The first-order chi connectivity index (χ1) is 14.6. The number of aromatic nitrogens is 2. The molecule has 1 aliphatic heterocycles. The number of benzene rings is 2. The number of carbonyl (C=O) groups excluding carboxylic acids is 2. The van der Waals surface area contributed by atoms with Crippen LogP contribution in [-0.2, 0) is 17.7 Å². The quantitative estimate of drug-likeness (QED) is 0.478. The molecule has 30 heavy (non-hydrogen) atoms. The molecule has 0 atom stereocenters. The predicted molar refractivity (Wildman–Crippen MR) is 111 cm³/mol. The molecule has 154 valence electrons. The second-order valence-corrected chi connectivity index (χ2v) is 7.26. The van der Waals surface area contributed by atoms with Crippen molar-refractivity contribution in [1.82, 2.24) is 9.55 Å². The van der Waals surface area contributed by atoms with Crippen LogP contribution in [0.2, 0.25) is 0 Å². The molecule has 7 heteroatoms. The summed E-state index contributed by atoms with van der Waals surface area (Å²) in [4.78, 5) is 42.2. The summed E-state index contributed by atoms with van der Waals surface area (Å²) in [5, 5.41) is 0.477. The van der Waals surface area contributed by atoms with E-state index in [-0.39, 0.29) is 23.5 Å². The highest BCUT2D eigenvalue weighted by atomic mass is 16.5. The number of aryl methyl sites for hydroxylation is 1. The van der Waals surface area contributed by atoms with Crippen molar-refractivity contribution >= 4 is 22.7 Å². The van der Waals surface area contributed by atoms with Crippen molar-refractivity contribution in [3.63, 3.8) is 0 Å². The summed E-state index contributed by atoms with van der Waals surface area (Å²) in [6, 6.07) is 11.4. The fraction of sp³-hybridized carbons (Fsp3) is 0.304. The van der Waals surface area contributed by atoms with Crippen LogP contribution < -0.4 is 10.3 Å². The van der Waals surface area contributed by atoms with Gasteiger partial charge in [0.2, 0.25) is 0 Å². The number of rotatable bonds is 5. The molecule has 4 rings (SSSR count). The first-order valence-corrected chi connectivity index (χ1v) is 9.94. The maximum atomic E-state index is 12.8. The molecule has 0 amide bonds. The Hall–Kier alpha value is -3.48. The second-order valence-electron chi connectivity index (χ2n) is 7.26. The molecule has 3 aromatic rings. The average Bonchev–Trinajstić information content (AvgIpc) is 3.02. The zero-order chi connectivity index (χ0) is 21.1. The van der Waals surface area contributed by atoms with E-state index in [0.717, 1.165) is 31.5 Å². The molecule has 0 saturated carbocycles. The van der Waals surface area contributed by atoms with Crippen molar-refractivity contribution < 1.29 is 19.1 Å². The van der Waals surface area contributed by atoms with Gasteiger partial charge in [0.15, 0.2) is 12.4 Å². The van der Waals surface area contributed by atoms with Crippen molar-refractivity contribution in [3.8, 4) is 5.75 Å². The zero-order valence-electron chi connectivity index (χ0n) is 16.7. The third kappa shape index (κ3) is 3.96. The maximum Gasteiger partial charge on any atom is 0.338 e. The van der Waals surface area contributed by atoms with Gasteiger partial charge >= 0.3 is 5.97 Å². The largest absolute Gasteiger partial charge is 0.497 e. The summed E-state index contributed by atoms with van der Waals surface area (Å²) in [5.41, 5.74) is 1.05. The van der Waals surface area contributed by atoms with E-state index in [0.29, 0.717) is 28.8 Å². The molecule has 2 aromatic carbocycles. The maximum absolute atomic E-state index is 12.8. The summed E-state index contributed by atoms with van der Waals surface area (Å²) in [5.74, 6) is 0.344. The number of methoxy groups -OCH3 is 1. The third-order valence-corrected chi connectivity index (χ3v) is 5.28. The normalized spacial score (nSPS) is 13.4. The molecule has 0 aliphatic carbocycles. The minimum Gasteiger partial charge on any atom is -0.497 e. The van der Waals surface area contributed by atoms with Gasteiger partial charge in [-0.25, -0.2) is 9.78 Å². The van der Waals surface area contributed by atoms with Crippen molar-refractivity contribution in [1.29, 1.82) is 0 Å². The predicted octanol–water partition coefficient (Wildman–Crippen LogP) is 3.17. The number of esters is 1. The van der Waals surface area contributed by atoms with E-state index >= 15 is 0 Å². The van der Waals surface area contributed by atoms with Gasteiger partial charge < -0.3 is 9.47 Å².